The molecule has 6 nitrogen and oxygen atoms in total. The average molecular weight is 1200 g/mol. The summed E-state index contributed by atoms with van der Waals surface area (Å²) in [4.78, 5) is 24.6. The predicted octanol–water partition coefficient (Wildman–Crippen LogP) is 25.4. The summed E-state index contributed by atoms with van der Waals surface area (Å²) in [5.41, 5.74) is 0. The molecule has 0 radical (unpaired) electrons. The fourth-order valence-corrected chi connectivity index (χ4v) is 12.3. The quantitative estimate of drug-likeness (QED) is 0.0320. The summed E-state index contributed by atoms with van der Waals surface area (Å²) in [5.74, 6) is -0.0174. The highest BCUT2D eigenvalue weighted by Crippen LogP contribution is 2.19. The van der Waals surface area contributed by atoms with Crippen molar-refractivity contribution >= 4 is 11.9 Å². The van der Waals surface area contributed by atoms with Crippen LogP contribution >= 0.6 is 0 Å². The Labute approximate surface area is 532 Å². The zero-order valence-corrected chi connectivity index (χ0v) is 57.6. The van der Waals surface area contributed by atoms with Crippen LogP contribution in [-0.4, -0.2) is 47.4 Å². The second kappa shape index (κ2) is 74.5. The minimum absolute atomic E-state index is 0.0114. The van der Waals surface area contributed by atoms with Crippen molar-refractivity contribution in [2.75, 3.05) is 13.2 Å². The predicted molar refractivity (Wildman–Crippen MR) is 375 cm³/mol. The van der Waals surface area contributed by atoms with Crippen LogP contribution in [0.15, 0.2) is 36.5 Å². The molecule has 1 amide bonds. The van der Waals surface area contributed by atoms with Crippen LogP contribution in [0.2, 0.25) is 0 Å². The SMILES string of the molecule is CCCCCCCC/C=C\CCCCCCCC(=O)OCCCCCCCCCCCCCCC/C=C\C/C=C\CCCCCCCCCCCCCCCCCCCC(=O)NC(CO)C(O)CCCCCCCCCCCCCCCCCC. The standard InChI is InChI=1S/C79H151NO5/c1-3-5-7-9-11-13-15-17-19-44-47-51-55-59-63-67-71-77(82)76(75-81)80-78(83)72-68-64-60-56-52-48-45-41-39-37-35-33-31-29-27-25-23-21-20-22-24-26-28-30-32-34-36-38-40-42-46-50-54-58-62-66-70-74-85-79(84)73-69-65-61-57-53-49-43-18-16-14-12-10-8-6-4-2/h18,20,22,26,28,43,76-77,81-82H,3-17,19,21,23-25,27,29-42,44-75H2,1-2H3,(H,80,83)/b22-20-,28-26-,43-18-. The summed E-state index contributed by atoms with van der Waals surface area (Å²) >= 11 is 0. The number of carbonyl (C=O) groups excluding carboxylic acids is 2. The molecule has 0 spiro atoms. The van der Waals surface area contributed by atoms with E-state index in [0.717, 1.165) is 51.4 Å². The molecule has 0 heterocycles. The van der Waals surface area contributed by atoms with Gasteiger partial charge in [0.1, 0.15) is 0 Å². The first kappa shape index (κ1) is 83.1. The van der Waals surface area contributed by atoms with Crippen molar-refractivity contribution in [1.82, 2.24) is 5.32 Å². The summed E-state index contributed by atoms with van der Waals surface area (Å²) < 4.78 is 5.49. The van der Waals surface area contributed by atoms with Crippen LogP contribution in [0.4, 0.5) is 0 Å². The molecule has 0 aromatic rings. The highest BCUT2D eigenvalue weighted by atomic mass is 16.5. The third-order valence-corrected chi connectivity index (χ3v) is 18.2. The minimum atomic E-state index is -0.662. The van der Waals surface area contributed by atoms with E-state index >= 15 is 0 Å². The van der Waals surface area contributed by atoms with E-state index in [1.165, 1.54) is 347 Å². The number of hydrogen-bond donors (Lipinski definition) is 3. The van der Waals surface area contributed by atoms with Gasteiger partial charge in [0.15, 0.2) is 0 Å². The molecule has 0 saturated carbocycles. The maximum absolute atomic E-state index is 12.5. The van der Waals surface area contributed by atoms with Crippen LogP contribution in [0, 0.1) is 0 Å². The molecule has 0 fully saturated rings. The number of esters is 1. The highest BCUT2D eigenvalue weighted by molar-refractivity contribution is 5.76. The van der Waals surface area contributed by atoms with E-state index in [4.69, 9.17) is 4.74 Å². The molecular formula is C79H151NO5. The molecule has 502 valence electrons. The molecule has 0 aliphatic carbocycles. The van der Waals surface area contributed by atoms with Gasteiger partial charge in [0.25, 0.3) is 0 Å². The molecule has 0 rings (SSSR count). The van der Waals surface area contributed by atoms with Crippen LogP contribution in [0.3, 0.4) is 0 Å². The van der Waals surface area contributed by atoms with Crippen molar-refractivity contribution in [3.63, 3.8) is 0 Å². The molecule has 6 heteroatoms. The van der Waals surface area contributed by atoms with E-state index < -0.39 is 12.1 Å². The second-order valence-electron chi connectivity index (χ2n) is 26.7. The molecular weight excluding hydrogens is 1040 g/mol. The highest BCUT2D eigenvalue weighted by Gasteiger charge is 2.20. The van der Waals surface area contributed by atoms with Crippen molar-refractivity contribution < 1.29 is 24.5 Å². The van der Waals surface area contributed by atoms with Gasteiger partial charge in [-0.1, -0.05) is 371 Å². The van der Waals surface area contributed by atoms with Crippen LogP contribution in [0.1, 0.15) is 431 Å². The summed E-state index contributed by atoms with van der Waals surface area (Å²) in [6, 6.07) is -0.539. The normalized spacial score (nSPS) is 12.7. The third-order valence-electron chi connectivity index (χ3n) is 18.2. The smallest absolute Gasteiger partial charge is 0.305 e. The topological polar surface area (TPSA) is 95.9 Å². The molecule has 0 bridgehead atoms. The minimum Gasteiger partial charge on any atom is -0.466 e. The monoisotopic (exact) mass is 1190 g/mol. The first-order valence-electron chi connectivity index (χ1n) is 38.7. The van der Waals surface area contributed by atoms with Gasteiger partial charge in [-0.05, 0) is 83.5 Å². The lowest BCUT2D eigenvalue weighted by atomic mass is 10.0. The average Bonchev–Trinajstić information content (AvgIpc) is 3.51. The number of unbranched alkanes of at least 4 members (excludes halogenated alkanes) is 56. The summed E-state index contributed by atoms with van der Waals surface area (Å²) in [6.07, 6.45) is 96.6. The molecule has 0 saturated heterocycles. The van der Waals surface area contributed by atoms with Gasteiger partial charge < -0.3 is 20.3 Å². The lowest BCUT2D eigenvalue weighted by molar-refractivity contribution is -0.143. The number of carbonyl (C=O) groups is 2. The largest absolute Gasteiger partial charge is 0.466 e. The lowest BCUT2D eigenvalue weighted by Gasteiger charge is -2.22. The van der Waals surface area contributed by atoms with Crippen molar-refractivity contribution in [3.05, 3.63) is 36.5 Å². The maximum atomic E-state index is 12.5. The lowest BCUT2D eigenvalue weighted by Crippen LogP contribution is -2.45. The van der Waals surface area contributed by atoms with E-state index in [0.29, 0.717) is 25.9 Å². The number of aliphatic hydroxyl groups excluding tert-OH is 2. The Bertz CT molecular complexity index is 1380. The molecule has 0 aliphatic rings. The molecule has 0 aliphatic heterocycles. The molecule has 0 aromatic carbocycles. The zero-order chi connectivity index (χ0) is 61.3. The van der Waals surface area contributed by atoms with Gasteiger partial charge in [-0.25, -0.2) is 0 Å². The number of ether oxygens (including phenoxy) is 1. The summed E-state index contributed by atoms with van der Waals surface area (Å²) in [7, 11) is 0. The first-order chi connectivity index (χ1) is 42.0. The van der Waals surface area contributed by atoms with Gasteiger partial charge in [-0.2, -0.15) is 0 Å². The Morgan fingerprint density at radius 1 is 0.329 bits per heavy atom. The van der Waals surface area contributed by atoms with Gasteiger partial charge in [0.05, 0.1) is 25.4 Å². The number of rotatable bonds is 73. The Morgan fingerprint density at radius 3 is 0.906 bits per heavy atom. The van der Waals surface area contributed by atoms with E-state index in [2.05, 4.69) is 55.6 Å². The zero-order valence-electron chi connectivity index (χ0n) is 57.6. The van der Waals surface area contributed by atoms with Crippen molar-refractivity contribution in [1.29, 1.82) is 0 Å². The van der Waals surface area contributed by atoms with Crippen molar-refractivity contribution in [3.8, 4) is 0 Å². The molecule has 2 atom stereocenters. The van der Waals surface area contributed by atoms with Crippen LogP contribution in [-0.2, 0) is 14.3 Å². The van der Waals surface area contributed by atoms with E-state index in [1.54, 1.807) is 0 Å². The number of allylic oxidation sites excluding steroid dienone is 6. The van der Waals surface area contributed by atoms with Gasteiger partial charge in [0, 0.05) is 12.8 Å². The van der Waals surface area contributed by atoms with Crippen LogP contribution in [0.5, 0.6) is 0 Å². The van der Waals surface area contributed by atoms with Crippen molar-refractivity contribution in [2.45, 2.75) is 443 Å². The van der Waals surface area contributed by atoms with E-state index in [-0.39, 0.29) is 18.5 Å². The van der Waals surface area contributed by atoms with Gasteiger partial charge >= 0.3 is 5.97 Å². The Morgan fingerprint density at radius 2 is 0.588 bits per heavy atom. The molecule has 3 N–H and O–H groups in total. The van der Waals surface area contributed by atoms with Crippen LogP contribution < -0.4 is 5.32 Å². The maximum Gasteiger partial charge on any atom is 0.305 e. The van der Waals surface area contributed by atoms with Gasteiger partial charge in [0.2, 0.25) is 5.91 Å². The Balaban J connectivity index is 3.35. The molecule has 85 heavy (non-hydrogen) atoms. The third kappa shape index (κ3) is 71.0. The van der Waals surface area contributed by atoms with Crippen LogP contribution in [0.25, 0.3) is 0 Å². The van der Waals surface area contributed by atoms with E-state index in [1.807, 2.05) is 0 Å². The molecule has 2 unspecified atom stereocenters. The van der Waals surface area contributed by atoms with Gasteiger partial charge in [-0.3, -0.25) is 9.59 Å². The fourth-order valence-electron chi connectivity index (χ4n) is 12.3. The number of nitrogens with one attached hydrogen (secondary N) is 1. The van der Waals surface area contributed by atoms with Crippen molar-refractivity contribution in [2.24, 2.45) is 0 Å². The Hall–Kier alpha value is -1.92. The Kier molecular flexibility index (Phi) is 72.9. The molecule has 0 aromatic heterocycles. The number of hydrogen-bond acceptors (Lipinski definition) is 5. The van der Waals surface area contributed by atoms with Gasteiger partial charge in [-0.15, -0.1) is 0 Å². The second-order valence-corrected chi connectivity index (χ2v) is 26.7. The number of amides is 1. The summed E-state index contributed by atoms with van der Waals surface area (Å²) in [6.45, 7) is 4.98. The first-order valence-corrected chi connectivity index (χ1v) is 38.7. The summed E-state index contributed by atoms with van der Waals surface area (Å²) in [5, 5.41) is 23.4. The fraction of sp³-hybridized carbons (Fsp3) is 0.899. The van der Waals surface area contributed by atoms with E-state index in [9.17, 15) is 19.8 Å². The number of aliphatic hydroxyl groups is 2.